The predicted octanol–water partition coefficient (Wildman–Crippen LogP) is 1.26. The van der Waals surface area contributed by atoms with Gasteiger partial charge in [0.05, 0.1) is 12.3 Å². The van der Waals surface area contributed by atoms with Gasteiger partial charge in [0.15, 0.2) is 0 Å². The average molecular weight is 131 g/mol. The molecule has 0 saturated carbocycles. The van der Waals surface area contributed by atoms with E-state index in [1.54, 1.807) is 7.11 Å². The molecule has 3 heteroatoms. The monoisotopic (exact) mass is 131 g/mol. The fraction of sp³-hybridized carbons (Fsp3) is 0.833. The molecule has 0 aliphatic rings. The lowest BCUT2D eigenvalue weighted by Gasteiger charge is -1.97. The van der Waals surface area contributed by atoms with Crippen LogP contribution in [0.1, 0.15) is 19.8 Å². The Kier molecular flexibility index (Phi) is 5.21. The van der Waals surface area contributed by atoms with Crippen LogP contribution in [0.25, 0.3) is 0 Å². The van der Waals surface area contributed by atoms with E-state index in [0.29, 0.717) is 6.61 Å². The van der Waals surface area contributed by atoms with Gasteiger partial charge < -0.3 is 9.94 Å². The quantitative estimate of drug-likeness (QED) is 0.354. The minimum absolute atomic E-state index is 0.632. The van der Waals surface area contributed by atoms with Gasteiger partial charge in [0.25, 0.3) is 0 Å². The molecule has 1 N–H and O–H groups in total. The van der Waals surface area contributed by atoms with E-state index >= 15 is 0 Å². The van der Waals surface area contributed by atoms with Crippen LogP contribution in [0.5, 0.6) is 0 Å². The molecule has 0 aromatic rings. The van der Waals surface area contributed by atoms with Crippen molar-refractivity contribution in [3.05, 3.63) is 0 Å². The summed E-state index contributed by atoms with van der Waals surface area (Å²) in [5.41, 5.74) is 0.789. The summed E-state index contributed by atoms with van der Waals surface area (Å²) in [5, 5.41) is 11.4. The second-order valence-electron chi connectivity index (χ2n) is 1.76. The van der Waals surface area contributed by atoms with E-state index in [4.69, 9.17) is 9.94 Å². The van der Waals surface area contributed by atoms with Crippen molar-refractivity contribution in [3.63, 3.8) is 0 Å². The largest absolute Gasteiger partial charge is 0.411 e. The van der Waals surface area contributed by atoms with Gasteiger partial charge in [-0.3, -0.25) is 0 Å². The fourth-order valence-corrected chi connectivity index (χ4v) is 0.517. The molecule has 54 valence electrons. The normalized spacial score (nSPS) is 12.0. The van der Waals surface area contributed by atoms with E-state index in [2.05, 4.69) is 5.16 Å². The number of rotatable bonds is 4. The maximum Gasteiger partial charge on any atom is 0.0591 e. The molecule has 0 spiro atoms. The standard InChI is InChI=1S/C6H13NO2/c1-3-6(7-8)4-5-9-2/h8H,3-5H2,1-2H3/b7-6+. The molecule has 0 heterocycles. The molecule has 3 nitrogen and oxygen atoms in total. The maximum atomic E-state index is 8.29. The third kappa shape index (κ3) is 3.97. The third-order valence-corrected chi connectivity index (χ3v) is 1.14. The highest BCUT2D eigenvalue weighted by molar-refractivity contribution is 5.83. The molecule has 0 atom stereocenters. The summed E-state index contributed by atoms with van der Waals surface area (Å²) in [5.74, 6) is 0. The Bertz CT molecular complexity index is 91.1. The van der Waals surface area contributed by atoms with Gasteiger partial charge >= 0.3 is 0 Å². The van der Waals surface area contributed by atoms with Crippen LogP contribution in [0.3, 0.4) is 0 Å². The Morgan fingerprint density at radius 1 is 1.67 bits per heavy atom. The van der Waals surface area contributed by atoms with Crippen molar-refractivity contribution in [2.75, 3.05) is 13.7 Å². The van der Waals surface area contributed by atoms with Crippen LogP contribution in [0.4, 0.5) is 0 Å². The Morgan fingerprint density at radius 2 is 2.33 bits per heavy atom. The van der Waals surface area contributed by atoms with Crippen LogP contribution in [-0.2, 0) is 4.74 Å². The minimum Gasteiger partial charge on any atom is -0.411 e. The van der Waals surface area contributed by atoms with Crippen molar-refractivity contribution in [3.8, 4) is 0 Å². The second-order valence-corrected chi connectivity index (χ2v) is 1.76. The Balaban J connectivity index is 3.33. The van der Waals surface area contributed by atoms with E-state index < -0.39 is 0 Å². The van der Waals surface area contributed by atoms with Crippen molar-refractivity contribution in [1.82, 2.24) is 0 Å². The van der Waals surface area contributed by atoms with Gasteiger partial charge in [-0.15, -0.1) is 0 Å². The summed E-state index contributed by atoms with van der Waals surface area (Å²) in [6, 6.07) is 0. The first-order chi connectivity index (χ1) is 4.35. The zero-order valence-corrected chi connectivity index (χ0v) is 5.92. The number of methoxy groups -OCH3 is 1. The highest BCUT2D eigenvalue weighted by atomic mass is 16.5. The molecule has 9 heavy (non-hydrogen) atoms. The Morgan fingerprint density at radius 3 is 2.67 bits per heavy atom. The molecular formula is C6H13NO2. The third-order valence-electron chi connectivity index (χ3n) is 1.14. The smallest absolute Gasteiger partial charge is 0.0591 e. The van der Waals surface area contributed by atoms with Gasteiger partial charge in [-0.25, -0.2) is 0 Å². The first kappa shape index (κ1) is 8.43. The van der Waals surface area contributed by atoms with Gasteiger partial charge in [0.1, 0.15) is 0 Å². The van der Waals surface area contributed by atoms with Gasteiger partial charge in [0.2, 0.25) is 0 Å². The summed E-state index contributed by atoms with van der Waals surface area (Å²) in [4.78, 5) is 0. The molecule has 0 amide bonds. The van der Waals surface area contributed by atoms with Gasteiger partial charge in [-0.1, -0.05) is 12.1 Å². The number of hydrogen-bond donors (Lipinski definition) is 1. The van der Waals surface area contributed by atoms with Crippen LogP contribution in [0.15, 0.2) is 5.16 Å². The van der Waals surface area contributed by atoms with Crippen LogP contribution < -0.4 is 0 Å². The number of nitrogens with zero attached hydrogens (tertiary/aromatic N) is 1. The molecule has 0 radical (unpaired) electrons. The fourth-order valence-electron chi connectivity index (χ4n) is 0.517. The van der Waals surface area contributed by atoms with Crippen molar-refractivity contribution in [2.24, 2.45) is 5.16 Å². The van der Waals surface area contributed by atoms with E-state index in [9.17, 15) is 0 Å². The van der Waals surface area contributed by atoms with Gasteiger partial charge in [0, 0.05) is 13.5 Å². The number of hydrogen-bond acceptors (Lipinski definition) is 3. The van der Waals surface area contributed by atoms with E-state index in [1.807, 2.05) is 6.92 Å². The molecule has 0 aromatic carbocycles. The Labute approximate surface area is 55.3 Å². The average Bonchev–Trinajstić information content (AvgIpc) is 1.91. The van der Waals surface area contributed by atoms with Crippen molar-refractivity contribution in [1.29, 1.82) is 0 Å². The lowest BCUT2D eigenvalue weighted by Crippen LogP contribution is -2.00. The van der Waals surface area contributed by atoms with E-state index in [0.717, 1.165) is 18.6 Å². The summed E-state index contributed by atoms with van der Waals surface area (Å²) in [7, 11) is 1.63. The molecule has 0 unspecified atom stereocenters. The molecule has 0 fully saturated rings. The van der Waals surface area contributed by atoms with Crippen LogP contribution in [0.2, 0.25) is 0 Å². The number of ether oxygens (including phenoxy) is 1. The highest BCUT2D eigenvalue weighted by Gasteiger charge is 1.93. The molecular weight excluding hydrogens is 118 g/mol. The molecule has 0 aromatic heterocycles. The number of oxime groups is 1. The first-order valence-electron chi connectivity index (χ1n) is 3.03. The minimum atomic E-state index is 0.632. The van der Waals surface area contributed by atoms with E-state index in [1.165, 1.54) is 0 Å². The van der Waals surface area contributed by atoms with Crippen molar-refractivity contribution in [2.45, 2.75) is 19.8 Å². The lowest BCUT2D eigenvalue weighted by atomic mass is 10.2. The highest BCUT2D eigenvalue weighted by Crippen LogP contribution is 1.91. The van der Waals surface area contributed by atoms with Crippen molar-refractivity contribution >= 4 is 5.71 Å². The zero-order valence-electron chi connectivity index (χ0n) is 5.92. The SMILES string of the molecule is CC/C(CCOC)=N\O. The molecule has 0 rings (SSSR count). The summed E-state index contributed by atoms with van der Waals surface area (Å²) in [6.07, 6.45) is 1.52. The molecule has 0 aliphatic carbocycles. The summed E-state index contributed by atoms with van der Waals surface area (Å²) >= 11 is 0. The van der Waals surface area contributed by atoms with Crippen LogP contribution >= 0.6 is 0 Å². The van der Waals surface area contributed by atoms with Gasteiger partial charge in [-0.2, -0.15) is 0 Å². The van der Waals surface area contributed by atoms with Crippen molar-refractivity contribution < 1.29 is 9.94 Å². The summed E-state index contributed by atoms with van der Waals surface area (Å²) < 4.78 is 4.78. The zero-order chi connectivity index (χ0) is 7.11. The molecule has 0 saturated heterocycles. The van der Waals surface area contributed by atoms with Crippen LogP contribution in [0, 0.1) is 0 Å². The lowest BCUT2D eigenvalue weighted by molar-refractivity contribution is 0.205. The molecule has 0 bridgehead atoms. The van der Waals surface area contributed by atoms with Crippen LogP contribution in [-0.4, -0.2) is 24.6 Å². The molecule has 0 aliphatic heterocycles. The first-order valence-corrected chi connectivity index (χ1v) is 3.03. The predicted molar refractivity (Wildman–Crippen MR) is 36.0 cm³/mol. The second kappa shape index (κ2) is 5.56. The topological polar surface area (TPSA) is 41.8 Å². The van der Waals surface area contributed by atoms with Gasteiger partial charge in [-0.05, 0) is 6.42 Å². The maximum absolute atomic E-state index is 8.29. The van der Waals surface area contributed by atoms with E-state index in [-0.39, 0.29) is 0 Å². The summed E-state index contributed by atoms with van der Waals surface area (Å²) in [6.45, 7) is 2.58. The Hall–Kier alpha value is -0.570.